The van der Waals surface area contributed by atoms with Crippen molar-refractivity contribution in [3.05, 3.63) is 48.3 Å². The van der Waals surface area contributed by atoms with E-state index in [0.29, 0.717) is 0 Å². The first-order valence-corrected chi connectivity index (χ1v) is 5.75. The van der Waals surface area contributed by atoms with Crippen LogP contribution in [0.5, 0.6) is 5.75 Å². The van der Waals surface area contributed by atoms with Gasteiger partial charge in [0.15, 0.2) is 0 Å². The van der Waals surface area contributed by atoms with Gasteiger partial charge in [-0.05, 0) is 49.3 Å². The number of hydrogen-bond acceptors (Lipinski definition) is 2. The van der Waals surface area contributed by atoms with E-state index in [4.69, 9.17) is 10.5 Å². The van der Waals surface area contributed by atoms with E-state index in [1.807, 2.05) is 44.2 Å². The average molecular weight is 219 g/mol. The number of hydrogen-bond donors (Lipinski definition) is 1. The molecule has 0 fully saturated rings. The molecule has 1 aromatic carbocycles. The van der Waals surface area contributed by atoms with Crippen molar-refractivity contribution in [2.24, 2.45) is 0 Å². The second-order valence-corrected chi connectivity index (χ2v) is 3.26. The number of rotatable bonds is 2. The lowest BCUT2D eigenvalue weighted by Crippen LogP contribution is -1.95. The summed E-state index contributed by atoms with van der Waals surface area (Å²) >= 11 is 0. The molecule has 0 heterocycles. The molecule has 0 spiro atoms. The summed E-state index contributed by atoms with van der Waals surface area (Å²) in [6.07, 6.45) is 8.37. The van der Waals surface area contributed by atoms with Crippen molar-refractivity contribution in [1.29, 1.82) is 0 Å². The van der Waals surface area contributed by atoms with Gasteiger partial charge in [0.05, 0.1) is 0 Å². The zero-order chi connectivity index (χ0) is 11.8. The molecular formula is C14H21NO. The molecule has 2 rings (SSSR count). The minimum absolute atomic E-state index is 0. The third-order valence-corrected chi connectivity index (χ3v) is 2.08. The van der Waals surface area contributed by atoms with Gasteiger partial charge in [-0.1, -0.05) is 19.9 Å². The maximum absolute atomic E-state index is 5.63. The summed E-state index contributed by atoms with van der Waals surface area (Å²) < 4.78 is 5.63. The Bertz CT molecular complexity index is 368. The smallest absolute Gasteiger partial charge is 0.127 e. The van der Waals surface area contributed by atoms with Crippen LogP contribution in [0.3, 0.4) is 0 Å². The molecule has 0 saturated carbocycles. The molecule has 1 aromatic rings. The molecule has 0 aliphatic heterocycles. The second-order valence-electron chi connectivity index (χ2n) is 3.26. The van der Waals surface area contributed by atoms with E-state index >= 15 is 0 Å². The van der Waals surface area contributed by atoms with Crippen LogP contribution in [0.1, 0.15) is 28.1 Å². The largest absolute Gasteiger partial charge is 0.458 e. The van der Waals surface area contributed by atoms with Crippen LogP contribution in [0.4, 0.5) is 5.69 Å². The average Bonchev–Trinajstić information content (AvgIpc) is 2.36. The molecule has 0 unspecified atom stereocenters. The number of nitrogen functional groups attached to an aromatic ring is 1. The van der Waals surface area contributed by atoms with Gasteiger partial charge in [-0.2, -0.15) is 0 Å². The summed E-state index contributed by atoms with van der Waals surface area (Å²) in [5.41, 5.74) is 6.33. The van der Waals surface area contributed by atoms with E-state index in [-0.39, 0.29) is 1.43 Å². The lowest BCUT2D eigenvalue weighted by atomic mass is 10.2. The predicted octanol–water partition coefficient (Wildman–Crippen LogP) is 4.15. The Kier molecular flexibility index (Phi) is 5.20. The highest BCUT2D eigenvalue weighted by Crippen LogP contribution is 2.18. The topological polar surface area (TPSA) is 35.2 Å². The second kappa shape index (κ2) is 6.72. The monoisotopic (exact) mass is 219 g/mol. The van der Waals surface area contributed by atoms with Crippen molar-refractivity contribution < 1.29 is 6.16 Å². The van der Waals surface area contributed by atoms with E-state index in [9.17, 15) is 0 Å². The van der Waals surface area contributed by atoms with E-state index < -0.39 is 0 Å². The number of benzene rings is 1. The van der Waals surface area contributed by atoms with Crippen LogP contribution >= 0.6 is 0 Å². The van der Waals surface area contributed by atoms with E-state index in [2.05, 4.69) is 12.2 Å². The third kappa shape index (κ3) is 3.81. The molecule has 1 aliphatic carbocycles. The van der Waals surface area contributed by atoms with Crippen LogP contribution in [-0.2, 0) is 0 Å². The van der Waals surface area contributed by atoms with Gasteiger partial charge in [0.1, 0.15) is 11.5 Å². The normalized spacial score (nSPS) is 13.5. The molecule has 16 heavy (non-hydrogen) atoms. The molecule has 2 N–H and O–H groups in total. The number of anilines is 1. The Labute approximate surface area is 98.9 Å². The fourth-order valence-electron chi connectivity index (χ4n) is 1.34. The molecule has 0 atom stereocenters. The Hall–Kier alpha value is -1.70. The van der Waals surface area contributed by atoms with Gasteiger partial charge in [-0.25, -0.2) is 0 Å². The summed E-state index contributed by atoms with van der Waals surface area (Å²) in [6.45, 7) is 4.00. The molecule has 0 saturated heterocycles. The van der Waals surface area contributed by atoms with Crippen LogP contribution in [0.25, 0.3) is 0 Å². The molecule has 1 aliphatic rings. The van der Waals surface area contributed by atoms with Crippen molar-refractivity contribution in [3.63, 3.8) is 0 Å². The Morgan fingerprint density at radius 3 is 2.38 bits per heavy atom. The molecule has 88 valence electrons. The summed E-state index contributed by atoms with van der Waals surface area (Å²) in [6, 6.07) is 7.42. The highest BCUT2D eigenvalue weighted by molar-refractivity contribution is 5.42. The molecule has 0 radical (unpaired) electrons. The van der Waals surface area contributed by atoms with Crippen molar-refractivity contribution in [3.8, 4) is 5.75 Å². The summed E-state index contributed by atoms with van der Waals surface area (Å²) in [5.74, 6) is 1.75. The van der Waals surface area contributed by atoms with Crippen LogP contribution in [-0.4, -0.2) is 0 Å². The molecule has 0 bridgehead atoms. The first-order chi connectivity index (χ1) is 7.84. The SMILES string of the molecule is CC.Nc1ccc(OC2=CCCC=C2)cc1.[HH]. The van der Waals surface area contributed by atoms with Gasteiger partial charge in [0.25, 0.3) is 0 Å². The first-order valence-electron chi connectivity index (χ1n) is 5.75. The molecular weight excluding hydrogens is 198 g/mol. The number of ether oxygens (including phenoxy) is 1. The lowest BCUT2D eigenvalue weighted by Gasteiger charge is -2.09. The maximum Gasteiger partial charge on any atom is 0.127 e. The van der Waals surface area contributed by atoms with Crippen LogP contribution < -0.4 is 10.5 Å². The first kappa shape index (κ1) is 12.4. The zero-order valence-corrected chi connectivity index (χ0v) is 9.94. The summed E-state index contributed by atoms with van der Waals surface area (Å²) in [5, 5.41) is 0. The minimum Gasteiger partial charge on any atom is -0.458 e. The molecule has 0 aromatic heterocycles. The third-order valence-electron chi connectivity index (χ3n) is 2.08. The lowest BCUT2D eigenvalue weighted by molar-refractivity contribution is 0.439. The Balaban J connectivity index is 0.000000811. The fourth-order valence-corrected chi connectivity index (χ4v) is 1.34. The van der Waals surface area contributed by atoms with Gasteiger partial charge in [0, 0.05) is 7.11 Å². The Morgan fingerprint density at radius 2 is 1.81 bits per heavy atom. The molecule has 2 heteroatoms. The minimum atomic E-state index is 0. The Morgan fingerprint density at radius 1 is 1.12 bits per heavy atom. The van der Waals surface area contributed by atoms with E-state index in [0.717, 1.165) is 30.0 Å². The van der Waals surface area contributed by atoms with Gasteiger partial charge in [-0.3, -0.25) is 0 Å². The standard InChI is InChI=1S/C12H13NO.C2H6.H2/c13-10-6-8-12(9-7-10)14-11-4-2-1-3-5-11;1-2;/h2,4-9H,1,3,13H2;1-2H3;1H. The van der Waals surface area contributed by atoms with Gasteiger partial charge >= 0.3 is 0 Å². The molecule has 2 nitrogen and oxygen atoms in total. The summed E-state index contributed by atoms with van der Waals surface area (Å²) in [7, 11) is 0. The zero-order valence-electron chi connectivity index (χ0n) is 9.94. The highest BCUT2D eigenvalue weighted by atomic mass is 16.5. The van der Waals surface area contributed by atoms with Crippen molar-refractivity contribution in [2.45, 2.75) is 26.7 Å². The fraction of sp³-hybridized carbons (Fsp3) is 0.286. The highest BCUT2D eigenvalue weighted by Gasteiger charge is 1.99. The van der Waals surface area contributed by atoms with Gasteiger partial charge in [-0.15, -0.1) is 0 Å². The van der Waals surface area contributed by atoms with Gasteiger partial charge in [0.2, 0.25) is 0 Å². The predicted molar refractivity (Wildman–Crippen MR) is 71.4 cm³/mol. The van der Waals surface area contributed by atoms with Crippen LogP contribution in [0.2, 0.25) is 0 Å². The quantitative estimate of drug-likeness (QED) is 0.758. The summed E-state index contributed by atoms with van der Waals surface area (Å²) in [4.78, 5) is 0. The number of nitrogens with two attached hydrogens (primary N) is 1. The van der Waals surface area contributed by atoms with E-state index in [1.165, 1.54) is 0 Å². The van der Waals surface area contributed by atoms with Crippen molar-refractivity contribution in [2.75, 3.05) is 5.73 Å². The van der Waals surface area contributed by atoms with Crippen LogP contribution in [0.15, 0.2) is 48.3 Å². The van der Waals surface area contributed by atoms with Crippen LogP contribution in [0, 0.1) is 0 Å². The molecule has 0 amide bonds. The van der Waals surface area contributed by atoms with Crippen molar-refractivity contribution >= 4 is 5.69 Å². The van der Waals surface area contributed by atoms with Crippen molar-refractivity contribution in [1.82, 2.24) is 0 Å². The van der Waals surface area contributed by atoms with Gasteiger partial charge < -0.3 is 10.5 Å². The maximum atomic E-state index is 5.63. The number of allylic oxidation sites excluding steroid dienone is 3. The van der Waals surface area contributed by atoms with E-state index in [1.54, 1.807) is 0 Å².